The highest BCUT2D eigenvalue weighted by Crippen LogP contribution is 2.21. The molecule has 4 rings (SSSR count). The number of rotatable bonds is 8. The van der Waals surface area contributed by atoms with Crippen molar-refractivity contribution in [2.24, 2.45) is 5.92 Å². The van der Waals surface area contributed by atoms with E-state index >= 15 is 0 Å². The van der Waals surface area contributed by atoms with Crippen molar-refractivity contribution in [2.75, 3.05) is 32.8 Å². The van der Waals surface area contributed by atoms with E-state index in [-0.39, 0.29) is 17.6 Å². The third-order valence-corrected chi connectivity index (χ3v) is 5.54. The van der Waals surface area contributed by atoms with Gasteiger partial charge in [0, 0.05) is 37.3 Å². The summed E-state index contributed by atoms with van der Waals surface area (Å²) in [7, 11) is 0. The van der Waals surface area contributed by atoms with Gasteiger partial charge in [-0.15, -0.1) is 5.10 Å². The van der Waals surface area contributed by atoms with E-state index in [1.54, 1.807) is 24.5 Å². The number of ether oxygens (including phenoxy) is 1. The molecule has 1 amide bonds. The van der Waals surface area contributed by atoms with E-state index in [2.05, 4.69) is 39.6 Å². The first kappa shape index (κ1) is 21.9. The minimum atomic E-state index is -0.273. The number of nitrogens with one attached hydrogen (secondary N) is 1. The van der Waals surface area contributed by atoms with Crippen LogP contribution >= 0.6 is 0 Å². The highest BCUT2D eigenvalue weighted by atomic mass is 16.5. The van der Waals surface area contributed by atoms with E-state index in [9.17, 15) is 4.79 Å². The third-order valence-electron chi connectivity index (χ3n) is 5.54. The van der Waals surface area contributed by atoms with Crippen LogP contribution in [0.15, 0.2) is 53.1 Å². The zero-order valence-electron chi connectivity index (χ0n) is 18.3. The first-order valence-corrected chi connectivity index (χ1v) is 10.8. The van der Waals surface area contributed by atoms with Gasteiger partial charge in [0.2, 0.25) is 0 Å². The van der Waals surface area contributed by atoms with Crippen molar-refractivity contribution in [2.45, 2.75) is 19.9 Å². The van der Waals surface area contributed by atoms with Crippen molar-refractivity contribution in [1.29, 1.82) is 0 Å². The molecule has 1 aliphatic rings. The number of amides is 1. The molecule has 0 saturated carbocycles. The van der Waals surface area contributed by atoms with Gasteiger partial charge in [-0.1, -0.05) is 44.2 Å². The Hall–Kier alpha value is -3.30. The van der Waals surface area contributed by atoms with Crippen LogP contribution in [0.1, 0.15) is 19.6 Å². The normalized spacial score (nSPS) is 16.3. The number of hydrogen-bond acceptors (Lipinski definition) is 7. The molecule has 1 atom stereocenters. The zero-order chi connectivity index (χ0) is 22.3. The van der Waals surface area contributed by atoms with E-state index < -0.39 is 0 Å². The Labute approximate surface area is 187 Å². The molecule has 3 heterocycles. The fourth-order valence-electron chi connectivity index (χ4n) is 3.83. The summed E-state index contributed by atoms with van der Waals surface area (Å²) in [6, 6.07) is 13.3. The maximum atomic E-state index is 13.4. The van der Waals surface area contributed by atoms with E-state index in [4.69, 9.17) is 9.15 Å². The van der Waals surface area contributed by atoms with Crippen LogP contribution in [0.4, 0.5) is 0 Å². The third kappa shape index (κ3) is 5.12. The summed E-state index contributed by atoms with van der Waals surface area (Å²) < 4.78 is 12.4. The van der Waals surface area contributed by atoms with Gasteiger partial charge in [-0.05, 0) is 28.5 Å². The summed E-state index contributed by atoms with van der Waals surface area (Å²) >= 11 is 0. The van der Waals surface area contributed by atoms with Crippen molar-refractivity contribution in [3.63, 3.8) is 0 Å². The van der Waals surface area contributed by atoms with Gasteiger partial charge in [0.05, 0.1) is 19.5 Å². The van der Waals surface area contributed by atoms with Crippen LogP contribution in [0.5, 0.6) is 0 Å². The van der Waals surface area contributed by atoms with Crippen LogP contribution in [0.3, 0.4) is 0 Å². The smallest absolute Gasteiger partial charge is 0.270 e. The van der Waals surface area contributed by atoms with Crippen molar-refractivity contribution in [3.8, 4) is 11.4 Å². The Morgan fingerprint density at radius 2 is 1.94 bits per heavy atom. The summed E-state index contributed by atoms with van der Waals surface area (Å²) in [5, 5.41) is 15.2. The molecule has 2 aromatic heterocycles. The zero-order valence-corrected chi connectivity index (χ0v) is 18.3. The average Bonchev–Trinajstić information content (AvgIpc) is 3.51. The van der Waals surface area contributed by atoms with Gasteiger partial charge in [0.15, 0.2) is 5.82 Å². The summed E-state index contributed by atoms with van der Waals surface area (Å²) in [6.07, 6.45) is 3.21. The maximum Gasteiger partial charge on any atom is 0.270 e. The topological polar surface area (TPSA) is 98.3 Å². The van der Waals surface area contributed by atoms with Crippen LogP contribution in [0.25, 0.3) is 23.2 Å². The molecule has 1 fully saturated rings. The fourth-order valence-corrected chi connectivity index (χ4v) is 3.83. The number of morpholine rings is 1. The number of hydrogen-bond donors (Lipinski definition) is 1. The average molecular weight is 437 g/mol. The van der Waals surface area contributed by atoms with E-state index in [0.29, 0.717) is 37.3 Å². The second-order valence-electron chi connectivity index (χ2n) is 8.00. The lowest BCUT2D eigenvalue weighted by Gasteiger charge is -2.37. The fraction of sp³-hybridized carbons (Fsp3) is 0.391. The van der Waals surface area contributed by atoms with Crippen molar-refractivity contribution < 1.29 is 13.9 Å². The molecule has 1 aliphatic heterocycles. The SMILES string of the molecule is CC(C)C(CNC(=O)/C(=C\c1ccco1)n1nnnc1-c1ccccc1)N1CCOCC1. The minimum Gasteiger partial charge on any atom is -0.465 e. The molecular weight excluding hydrogens is 408 g/mol. The predicted octanol–water partition coefficient (Wildman–Crippen LogP) is 2.40. The standard InChI is InChI=1S/C23H28N6O3/c1-17(2)21(28-10-13-31-14-11-28)16-24-23(30)20(15-19-9-6-12-32-19)29-22(25-26-27-29)18-7-4-3-5-8-18/h3-9,12,15,17,21H,10-11,13-14,16H2,1-2H3,(H,24,30)/b20-15+. The first-order chi connectivity index (χ1) is 15.6. The molecule has 1 N–H and O–H groups in total. The monoisotopic (exact) mass is 436 g/mol. The van der Waals surface area contributed by atoms with Crippen molar-refractivity contribution >= 4 is 17.7 Å². The number of benzene rings is 1. The highest BCUT2D eigenvalue weighted by molar-refractivity contribution is 6.18. The molecule has 9 heteroatoms. The van der Waals surface area contributed by atoms with Crippen LogP contribution in [0.2, 0.25) is 0 Å². The number of aromatic nitrogens is 4. The number of carbonyl (C=O) groups excluding carboxylic acids is 1. The summed E-state index contributed by atoms with van der Waals surface area (Å²) in [5.41, 5.74) is 1.09. The Balaban J connectivity index is 1.59. The minimum absolute atomic E-state index is 0.204. The highest BCUT2D eigenvalue weighted by Gasteiger charge is 2.26. The van der Waals surface area contributed by atoms with Gasteiger partial charge in [-0.2, -0.15) is 4.68 Å². The van der Waals surface area contributed by atoms with E-state index in [1.165, 1.54) is 4.68 Å². The van der Waals surface area contributed by atoms with Gasteiger partial charge in [0.25, 0.3) is 5.91 Å². The molecule has 3 aromatic rings. The molecular formula is C23H28N6O3. The van der Waals surface area contributed by atoms with E-state index in [1.807, 2.05) is 30.3 Å². The van der Waals surface area contributed by atoms with Crippen molar-refractivity contribution in [3.05, 3.63) is 54.5 Å². The number of furan rings is 1. The summed E-state index contributed by atoms with van der Waals surface area (Å²) in [4.78, 5) is 15.8. The lowest BCUT2D eigenvalue weighted by molar-refractivity contribution is -0.116. The molecule has 1 unspecified atom stereocenters. The molecule has 0 radical (unpaired) electrons. The van der Waals surface area contributed by atoms with Crippen LogP contribution < -0.4 is 5.32 Å². The number of tetrazole rings is 1. The second-order valence-corrected chi connectivity index (χ2v) is 8.00. The van der Waals surface area contributed by atoms with Gasteiger partial charge in [-0.3, -0.25) is 9.69 Å². The maximum absolute atomic E-state index is 13.4. The largest absolute Gasteiger partial charge is 0.465 e. The van der Waals surface area contributed by atoms with Gasteiger partial charge < -0.3 is 14.5 Å². The Morgan fingerprint density at radius 1 is 1.16 bits per heavy atom. The molecule has 0 spiro atoms. The number of nitrogens with zero attached hydrogens (tertiary/aromatic N) is 5. The van der Waals surface area contributed by atoms with Crippen LogP contribution in [-0.2, 0) is 9.53 Å². The van der Waals surface area contributed by atoms with Gasteiger partial charge >= 0.3 is 0 Å². The molecule has 0 aliphatic carbocycles. The lowest BCUT2D eigenvalue weighted by atomic mass is 10.0. The Kier molecular flexibility index (Phi) is 7.08. The molecule has 168 valence electrons. The van der Waals surface area contributed by atoms with Crippen LogP contribution in [-0.4, -0.2) is 69.9 Å². The van der Waals surface area contributed by atoms with E-state index in [0.717, 1.165) is 18.7 Å². The quantitative estimate of drug-likeness (QED) is 0.542. The Bertz CT molecular complexity index is 1020. The second kappa shape index (κ2) is 10.3. The van der Waals surface area contributed by atoms with Gasteiger partial charge in [0.1, 0.15) is 11.5 Å². The molecule has 0 bridgehead atoms. The predicted molar refractivity (Wildman–Crippen MR) is 120 cm³/mol. The first-order valence-electron chi connectivity index (χ1n) is 10.8. The molecule has 32 heavy (non-hydrogen) atoms. The van der Waals surface area contributed by atoms with Crippen LogP contribution in [0, 0.1) is 5.92 Å². The molecule has 1 saturated heterocycles. The Morgan fingerprint density at radius 3 is 2.62 bits per heavy atom. The number of carbonyl (C=O) groups is 1. The van der Waals surface area contributed by atoms with Crippen molar-refractivity contribution in [1.82, 2.24) is 30.4 Å². The lowest BCUT2D eigenvalue weighted by Crippen LogP contribution is -2.51. The molecule has 9 nitrogen and oxygen atoms in total. The molecule has 1 aromatic carbocycles. The van der Waals surface area contributed by atoms with Gasteiger partial charge in [-0.25, -0.2) is 0 Å². The summed E-state index contributed by atoms with van der Waals surface area (Å²) in [5.74, 6) is 1.12. The summed E-state index contributed by atoms with van der Waals surface area (Å²) in [6.45, 7) is 7.99.